The van der Waals surface area contributed by atoms with Crippen LogP contribution in [0.15, 0.2) is 211 Å². The van der Waals surface area contributed by atoms with E-state index in [-0.39, 0.29) is 0 Å². The lowest BCUT2D eigenvalue weighted by molar-refractivity contribution is 0.669. The second kappa shape index (κ2) is 13.0. The molecular formula is C50H37NOSi. The number of benzene rings is 8. The third kappa shape index (κ3) is 5.15. The minimum atomic E-state index is -2.61. The molecular weight excluding hydrogens is 659 g/mol. The molecule has 252 valence electrons. The molecule has 0 amide bonds. The molecule has 3 heteroatoms. The van der Waals surface area contributed by atoms with Gasteiger partial charge in [-0.25, -0.2) is 0 Å². The number of hydrogen-bond acceptors (Lipinski definition) is 2. The number of fused-ring (bicyclic) bond motifs is 6. The van der Waals surface area contributed by atoms with Gasteiger partial charge >= 0.3 is 0 Å². The Morgan fingerprint density at radius 1 is 0.453 bits per heavy atom. The lowest BCUT2D eigenvalue weighted by Crippen LogP contribution is -2.69. The van der Waals surface area contributed by atoms with Crippen LogP contribution in [-0.2, 0) is 0 Å². The van der Waals surface area contributed by atoms with E-state index in [1.54, 1.807) is 0 Å². The Balaban J connectivity index is 1.21. The zero-order valence-electron chi connectivity index (χ0n) is 29.3. The summed E-state index contributed by atoms with van der Waals surface area (Å²) in [6.45, 7) is 0. The standard InChI is InChI=1S/C50H37NOSi/c1-5-17-37(18-6-1)51(48-29-16-28-43-44(48)32-31-36-33-47-45-27-13-14-30-49(45)52-50(47)35-46(36)43)38-19-15-26-42(34-38)53(39-20-7-2-8-21-39,40-22-9-3-10-23-40)41-24-11-4-12-25-41/h1-24,26-35,41H,25H2. The molecule has 0 bridgehead atoms. The molecule has 0 saturated heterocycles. The highest BCUT2D eigenvalue weighted by Crippen LogP contribution is 2.42. The monoisotopic (exact) mass is 695 g/mol. The summed E-state index contributed by atoms with van der Waals surface area (Å²) in [6.07, 6.45) is 10.3. The van der Waals surface area contributed by atoms with Crippen LogP contribution in [-0.4, -0.2) is 8.07 Å². The first-order valence-corrected chi connectivity index (χ1v) is 20.5. The summed E-state index contributed by atoms with van der Waals surface area (Å²) in [6, 6.07) is 66.9. The first-order valence-electron chi connectivity index (χ1n) is 18.5. The van der Waals surface area contributed by atoms with Crippen molar-refractivity contribution in [3.8, 4) is 0 Å². The lowest BCUT2D eigenvalue weighted by atomic mass is 9.98. The van der Waals surface area contributed by atoms with Crippen LogP contribution in [0, 0.1) is 0 Å². The highest BCUT2D eigenvalue weighted by atomic mass is 28.3. The Morgan fingerprint density at radius 3 is 1.87 bits per heavy atom. The van der Waals surface area contributed by atoms with Crippen molar-refractivity contribution < 1.29 is 4.42 Å². The van der Waals surface area contributed by atoms with Crippen molar-refractivity contribution in [2.24, 2.45) is 0 Å². The summed E-state index contributed by atoms with van der Waals surface area (Å²) < 4.78 is 6.38. The first-order chi connectivity index (χ1) is 26.3. The first kappa shape index (κ1) is 31.3. The average molecular weight is 696 g/mol. The van der Waals surface area contributed by atoms with E-state index in [9.17, 15) is 0 Å². The highest BCUT2D eigenvalue weighted by molar-refractivity contribution is 7.12. The van der Waals surface area contributed by atoms with E-state index in [1.165, 1.54) is 37.1 Å². The van der Waals surface area contributed by atoms with Gasteiger partial charge in [0.05, 0.1) is 5.69 Å². The number of furan rings is 1. The molecule has 1 heterocycles. The molecule has 1 aliphatic rings. The molecule has 0 spiro atoms. The normalized spacial score (nSPS) is 14.4. The SMILES string of the molecule is C1=CCC([Si](c2ccccc2)(c2ccccc2)c2cccc(N(c3ccccc3)c3cccc4c3ccc3cc5c(cc34)oc3ccccc35)c2)C=C1. The largest absolute Gasteiger partial charge is 0.456 e. The van der Waals surface area contributed by atoms with Crippen molar-refractivity contribution in [2.75, 3.05) is 4.90 Å². The third-order valence-electron chi connectivity index (χ3n) is 11.2. The summed E-state index contributed by atoms with van der Waals surface area (Å²) >= 11 is 0. The van der Waals surface area contributed by atoms with Crippen LogP contribution in [0.3, 0.4) is 0 Å². The van der Waals surface area contributed by atoms with Gasteiger partial charge in [-0.1, -0.05) is 158 Å². The van der Waals surface area contributed by atoms with Crippen LogP contribution >= 0.6 is 0 Å². The van der Waals surface area contributed by atoms with Gasteiger partial charge in [-0.15, -0.1) is 0 Å². The third-order valence-corrected chi connectivity index (χ3v) is 16.4. The molecule has 8 aromatic carbocycles. The average Bonchev–Trinajstić information content (AvgIpc) is 3.60. The lowest BCUT2D eigenvalue weighted by Gasteiger charge is -2.40. The van der Waals surface area contributed by atoms with E-state index in [0.29, 0.717) is 5.54 Å². The molecule has 0 N–H and O–H groups in total. The summed E-state index contributed by atoms with van der Waals surface area (Å²) in [5.74, 6) is 0. The van der Waals surface area contributed by atoms with E-state index < -0.39 is 8.07 Å². The summed E-state index contributed by atoms with van der Waals surface area (Å²) in [4.78, 5) is 2.45. The second-order valence-corrected chi connectivity index (χ2v) is 18.1. The van der Waals surface area contributed by atoms with Crippen molar-refractivity contribution >= 4 is 84.2 Å². The minimum Gasteiger partial charge on any atom is -0.456 e. The molecule has 1 unspecified atom stereocenters. The van der Waals surface area contributed by atoms with Gasteiger partial charge in [0.15, 0.2) is 8.07 Å². The Morgan fingerprint density at radius 2 is 1.11 bits per heavy atom. The van der Waals surface area contributed by atoms with Crippen molar-refractivity contribution in [3.05, 3.63) is 206 Å². The van der Waals surface area contributed by atoms with Gasteiger partial charge in [0, 0.05) is 27.5 Å². The Labute approximate surface area is 310 Å². The topological polar surface area (TPSA) is 16.4 Å². The second-order valence-electron chi connectivity index (χ2n) is 14.0. The number of allylic oxidation sites excluding steroid dienone is 4. The van der Waals surface area contributed by atoms with E-state index in [1.807, 2.05) is 6.07 Å². The fourth-order valence-corrected chi connectivity index (χ4v) is 14.2. The Bertz CT molecular complexity index is 2780. The maximum Gasteiger partial charge on any atom is 0.155 e. The molecule has 0 radical (unpaired) electrons. The van der Waals surface area contributed by atoms with Crippen LogP contribution in [0.2, 0.25) is 5.54 Å². The van der Waals surface area contributed by atoms with Crippen LogP contribution < -0.4 is 20.5 Å². The molecule has 0 aliphatic heterocycles. The minimum absolute atomic E-state index is 0.358. The molecule has 9 aromatic rings. The molecule has 0 fully saturated rings. The quantitative estimate of drug-likeness (QED) is 0.0937. The molecule has 10 rings (SSSR count). The summed E-state index contributed by atoms with van der Waals surface area (Å²) in [5, 5.41) is 11.3. The molecule has 1 aromatic heterocycles. The van der Waals surface area contributed by atoms with E-state index in [0.717, 1.165) is 45.4 Å². The van der Waals surface area contributed by atoms with Gasteiger partial charge in [-0.3, -0.25) is 0 Å². The molecule has 1 atom stereocenters. The van der Waals surface area contributed by atoms with Crippen molar-refractivity contribution in [1.82, 2.24) is 0 Å². The van der Waals surface area contributed by atoms with Gasteiger partial charge in [0.2, 0.25) is 0 Å². The molecule has 53 heavy (non-hydrogen) atoms. The van der Waals surface area contributed by atoms with Crippen LogP contribution in [0.5, 0.6) is 0 Å². The molecule has 2 nitrogen and oxygen atoms in total. The van der Waals surface area contributed by atoms with Crippen molar-refractivity contribution in [2.45, 2.75) is 12.0 Å². The number of rotatable bonds is 7. The number of nitrogens with zero attached hydrogens (tertiary/aromatic N) is 1. The van der Waals surface area contributed by atoms with E-state index in [4.69, 9.17) is 4.42 Å². The van der Waals surface area contributed by atoms with Gasteiger partial charge in [0.1, 0.15) is 11.2 Å². The Kier molecular flexibility index (Phi) is 7.66. The Hall–Kier alpha value is -6.42. The zero-order chi connectivity index (χ0) is 35.2. The van der Waals surface area contributed by atoms with Crippen LogP contribution in [0.25, 0.3) is 43.5 Å². The highest BCUT2D eigenvalue weighted by Gasteiger charge is 2.45. The van der Waals surface area contributed by atoms with Crippen molar-refractivity contribution in [1.29, 1.82) is 0 Å². The van der Waals surface area contributed by atoms with Gasteiger partial charge < -0.3 is 9.32 Å². The number of anilines is 3. The molecule has 1 aliphatic carbocycles. The van der Waals surface area contributed by atoms with Crippen molar-refractivity contribution in [3.63, 3.8) is 0 Å². The van der Waals surface area contributed by atoms with Gasteiger partial charge in [-0.2, -0.15) is 0 Å². The zero-order valence-corrected chi connectivity index (χ0v) is 30.3. The van der Waals surface area contributed by atoms with Gasteiger partial charge in [0.25, 0.3) is 0 Å². The fourth-order valence-electron chi connectivity index (χ4n) is 8.83. The molecule has 0 saturated carbocycles. The van der Waals surface area contributed by atoms with E-state index >= 15 is 0 Å². The van der Waals surface area contributed by atoms with Gasteiger partial charge in [-0.05, 0) is 92.2 Å². The smallest absolute Gasteiger partial charge is 0.155 e. The van der Waals surface area contributed by atoms with E-state index in [2.05, 4.69) is 205 Å². The maximum atomic E-state index is 6.38. The fraction of sp³-hybridized carbons (Fsp3) is 0.0400. The number of hydrogen-bond donors (Lipinski definition) is 0. The van der Waals surface area contributed by atoms with Crippen LogP contribution in [0.4, 0.5) is 17.1 Å². The van der Waals surface area contributed by atoms with Crippen LogP contribution in [0.1, 0.15) is 6.42 Å². The summed E-state index contributed by atoms with van der Waals surface area (Å²) in [7, 11) is -2.61. The predicted octanol–water partition coefficient (Wildman–Crippen LogP) is 11.7. The number of para-hydroxylation sites is 2. The summed E-state index contributed by atoms with van der Waals surface area (Å²) in [5.41, 5.74) is 5.61. The predicted molar refractivity (Wildman–Crippen MR) is 228 cm³/mol. The maximum absolute atomic E-state index is 6.38.